The van der Waals surface area contributed by atoms with Crippen LogP contribution < -0.4 is 0 Å². The van der Waals surface area contributed by atoms with Crippen LogP contribution in [0.2, 0.25) is 0 Å². The van der Waals surface area contributed by atoms with Gasteiger partial charge in [-0.3, -0.25) is 0 Å². The van der Waals surface area contributed by atoms with Crippen molar-refractivity contribution < 1.29 is 10.2 Å². The first kappa shape index (κ1) is 8.52. The van der Waals surface area contributed by atoms with Crippen molar-refractivity contribution >= 4 is 0 Å². The molecule has 2 saturated carbocycles. The molecule has 2 nitrogen and oxygen atoms in total. The third-order valence-electron chi connectivity index (χ3n) is 4.12. The quantitative estimate of drug-likeness (QED) is 0.573. The average molecular weight is 170 g/mol. The van der Waals surface area contributed by atoms with E-state index in [-0.39, 0.29) is 0 Å². The van der Waals surface area contributed by atoms with E-state index in [1.807, 2.05) is 0 Å². The van der Waals surface area contributed by atoms with Crippen LogP contribution in [0.25, 0.3) is 0 Å². The van der Waals surface area contributed by atoms with Crippen molar-refractivity contribution in [1.29, 1.82) is 0 Å². The largest absolute Gasteiger partial charge is 0.390 e. The summed E-state index contributed by atoms with van der Waals surface area (Å²) in [6.45, 7) is 6.22. The van der Waals surface area contributed by atoms with Crippen LogP contribution in [0, 0.1) is 17.3 Å². The van der Waals surface area contributed by atoms with Crippen LogP contribution in [0.15, 0.2) is 0 Å². The van der Waals surface area contributed by atoms with Crippen LogP contribution in [0.5, 0.6) is 0 Å². The zero-order valence-corrected chi connectivity index (χ0v) is 8.04. The highest BCUT2D eigenvalue weighted by Gasteiger charge is 2.63. The third-order valence-corrected chi connectivity index (χ3v) is 4.12. The number of fused-ring (bicyclic) bond motifs is 1. The van der Waals surface area contributed by atoms with Gasteiger partial charge in [0.25, 0.3) is 0 Å². The summed E-state index contributed by atoms with van der Waals surface area (Å²) in [5, 5.41) is 19.4. The van der Waals surface area contributed by atoms with Crippen molar-refractivity contribution in [3.63, 3.8) is 0 Å². The summed E-state index contributed by atoms with van der Waals surface area (Å²) in [6, 6.07) is 0. The molecule has 0 aliphatic heterocycles. The molecule has 4 atom stereocenters. The molecule has 0 aromatic rings. The predicted octanol–water partition coefficient (Wildman–Crippen LogP) is 1.16. The van der Waals surface area contributed by atoms with E-state index in [9.17, 15) is 10.2 Å². The Labute approximate surface area is 73.6 Å². The molecule has 0 unspecified atom stereocenters. The molecular formula is C10H18O2. The van der Waals surface area contributed by atoms with E-state index in [4.69, 9.17) is 0 Å². The summed E-state index contributed by atoms with van der Waals surface area (Å²) in [7, 11) is 0. The molecule has 0 heterocycles. The molecule has 0 aromatic heterocycles. The molecule has 70 valence electrons. The van der Waals surface area contributed by atoms with Crippen LogP contribution in [-0.2, 0) is 0 Å². The number of aliphatic hydroxyl groups excluding tert-OH is 1. The second-order valence-corrected chi connectivity index (χ2v) is 5.35. The summed E-state index contributed by atoms with van der Waals surface area (Å²) in [6.07, 6.45) is 1.04. The molecule has 12 heavy (non-hydrogen) atoms. The average Bonchev–Trinajstić information content (AvgIpc) is 2.37. The van der Waals surface area contributed by atoms with E-state index in [1.165, 1.54) is 0 Å². The van der Waals surface area contributed by atoms with Gasteiger partial charge in [0.05, 0.1) is 11.7 Å². The Balaban J connectivity index is 2.14. The SMILES string of the molecule is CC1(C)[C@H]2C[C@H](O)[C@@](C)(O)C[C@@H]21. The molecule has 2 fully saturated rings. The number of hydrogen-bond donors (Lipinski definition) is 2. The Morgan fingerprint density at radius 2 is 1.75 bits per heavy atom. The molecule has 2 aliphatic carbocycles. The van der Waals surface area contributed by atoms with Crippen LogP contribution in [-0.4, -0.2) is 21.9 Å². The van der Waals surface area contributed by atoms with Crippen LogP contribution in [0.3, 0.4) is 0 Å². The van der Waals surface area contributed by atoms with Gasteiger partial charge in [0.2, 0.25) is 0 Å². The molecule has 2 aliphatic rings. The van der Waals surface area contributed by atoms with Crippen molar-refractivity contribution in [3.05, 3.63) is 0 Å². The molecule has 2 N–H and O–H groups in total. The van der Waals surface area contributed by atoms with Crippen molar-refractivity contribution in [2.75, 3.05) is 0 Å². The van der Waals surface area contributed by atoms with Crippen molar-refractivity contribution in [1.82, 2.24) is 0 Å². The molecule has 2 rings (SSSR count). The molecule has 0 bridgehead atoms. The van der Waals surface area contributed by atoms with Crippen molar-refractivity contribution in [2.24, 2.45) is 17.3 Å². The Hall–Kier alpha value is -0.0800. The lowest BCUT2D eigenvalue weighted by atomic mass is 9.84. The van der Waals surface area contributed by atoms with E-state index in [0.29, 0.717) is 17.3 Å². The van der Waals surface area contributed by atoms with Gasteiger partial charge >= 0.3 is 0 Å². The second-order valence-electron chi connectivity index (χ2n) is 5.35. The molecule has 0 spiro atoms. The number of aliphatic hydroxyl groups is 2. The van der Waals surface area contributed by atoms with E-state index in [2.05, 4.69) is 13.8 Å². The van der Waals surface area contributed by atoms with E-state index in [0.717, 1.165) is 12.8 Å². The van der Waals surface area contributed by atoms with E-state index < -0.39 is 11.7 Å². The van der Waals surface area contributed by atoms with Crippen LogP contribution in [0.4, 0.5) is 0 Å². The Morgan fingerprint density at radius 3 is 2.25 bits per heavy atom. The van der Waals surface area contributed by atoms with Crippen LogP contribution >= 0.6 is 0 Å². The fourth-order valence-electron chi connectivity index (χ4n) is 2.81. The summed E-state index contributed by atoms with van der Waals surface area (Å²) < 4.78 is 0. The zero-order valence-electron chi connectivity index (χ0n) is 8.04. The minimum atomic E-state index is -0.838. The normalized spacial score (nSPS) is 56.2. The minimum absolute atomic E-state index is 0.363. The van der Waals surface area contributed by atoms with Crippen molar-refractivity contribution in [2.45, 2.75) is 45.3 Å². The lowest BCUT2D eigenvalue weighted by molar-refractivity contribution is -0.0892. The first-order valence-corrected chi connectivity index (χ1v) is 4.76. The molecule has 0 radical (unpaired) electrons. The maximum atomic E-state index is 9.82. The van der Waals surface area contributed by atoms with Gasteiger partial charge in [-0.05, 0) is 37.0 Å². The second kappa shape index (κ2) is 2.05. The van der Waals surface area contributed by atoms with Gasteiger partial charge in [-0.1, -0.05) is 13.8 Å². The minimum Gasteiger partial charge on any atom is -0.390 e. The maximum Gasteiger partial charge on any atom is 0.0880 e. The number of hydrogen-bond acceptors (Lipinski definition) is 2. The number of rotatable bonds is 0. The highest BCUT2D eigenvalue weighted by atomic mass is 16.3. The van der Waals surface area contributed by atoms with E-state index in [1.54, 1.807) is 6.92 Å². The van der Waals surface area contributed by atoms with Gasteiger partial charge in [0.15, 0.2) is 0 Å². The van der Waals surface area contributed by atoms with Gasteiger partial charge in [-0.15, -0.1) is 0 Å². The molecular weight excluding hydrogens is 152 g/mol. The predicted molar refractivity (Wildman–Crippen MR) is 46.6 cm³/mol. The molecule has 2 heteroatoms. The fraction of sp³-hybridized carbons (Fsp3) is 1.00. The smallest absolute Gasteiger partial charge is 0.0880 e. The summed E-state index contributed by atoms with van der Waals surface area (Å²) in [5.74, 6) is 1.28. The standard InChI is InChI=1S/C10H18O2/c1-9(2)6-4-8(11)10(3,12)5-7(6)9/h6-8,11-12H,4-5H2,1-3H3/t6-,7-,8-,10-/m0/s1. The lowest BCUT2D eigenvalue weighted by Gasteiger charge is -2.32. The topological polar surface area (TPSA) is 40.5 Å². The van der Waals surface area contributed by atoms with Gasteiger partial charge in [0.1, 0.15) is 0 Å². The summed E-state index contributed by atoms with van der Waals surface area (Å²) in [5.41, 5.74) is -0.476. The third kappa shape index (κ3) is 0.944. The van der Waals surface area contributed by atoms with Crippen molar-refractivity contribution in [3.8, 4) is 0 Å². The van der Waals surface area contributed by atoms with E-state index >= 15 is 0 Å². The highest BCUT2D eigenvalue weighted by Crippen LogP contribution is 2.66. The Morgan fingerprint density at radius 1 is 1.17 bits per heavy atom. The maximum absolute atomic E-state index is 9.82. The van der Waals surface area contributed by atoms with Crippen LogP contribution in [0.1, 0.15) is 33.6 Å². The first-order valence-electron chi connectivity index (χ1n) is 4.76. The summed E-state index contributed by atoms with van der Waals surface area (Å²) in [4.78, 5) is 0. The molecule has 0 amide bonds. The summed E-state index contributed by atoms with van der Waals surface area (Å²) >= 11 is 0. The zero-order chi connectivity index (χ0) is 9.15. The Kier molecular flexibility index (Phi) is 1.45. The first-order chi connectivity index (χ1) is 5.36. The van der Waals surface area contributed by atoms with Gasteiger partial charge in [-0.25, -0.2) is 0 Å². The van der Waals surface area contributed by atoms with Gasteiger partial charge in [0, 0.05) is 0 Å². The Bertz CT molecular complexity index is 208. The highest BCUT2D eigenvalue weighted by molar-refractivity contribution is 5.12. The fourth-order valence-corrected chi connectivity index (χ4v) is 2.81. The van der Waals surface area contributed by atoms with Gasteiger partial charge < -0.3 is 10.2 Å². The molecule has 0 aromatic carbocycles. The molecule has 0 saturated heterocycles. The lowest BCUT2D eigenvalue weighted by Crippen LogP contribution is -2.42. The van der Waals surface area contributed by atoms with Gasteiger partial charge in [-0.2, -0.15) is 0 Å². The monoisotopic (exact) mass is 170 g/mol.